The van der Waals surface area contributed by atoms with Crippen LogP contribution in [0.1, 0.15) is 72.6 Å². The lowest BCUT2D eigenvalue weighted by Gasteiger charge is -2.30. The number of rotatable bonds is 7. The van der Waals surface area contributed by atoms with Crippen LogP contribution in [0.15, 0.2) is 0 Å². The molecule has 0 unspecified atom stereocenters. The lowest BCUT2D eigenvalue weighted by Crippen LogP contribution is -2.17. The molecule has 0 nitrogen and oxygen atoms in total. The van der Waals surface area contributed by atoms with Crippen molar-refractivity contribution < 1.29 is 0 Å². The van der Waals surface area contributed by atoms with E-state index >= 15 is 0 Å². The van der Waals surface area contributed by atoms with Crippen LogP contribution in [0.25, 0.3) is 0 Å². The molecule has 0 aliphatic heterocycles. The molecule has 0 N–H and O–H groups in total. The van der Waals surface area contributed by atoms with Crippen LogP contribution in [0, 0.1) is 5.41 Å². The van der Waals surface area contributed by atoms with E-state index < -0.39 is 0 Å². The maximum absolute atomic E-state index is 2.35. The van der Waals surface area contributed by atoms with Crippen molar-refractivity contribution in [1.29, 1.82) is 0 Å². The highest BCUT2D eigenvalue weighted by atomic mass is 14.3. The van der Waals surface area contributed by atoms with Crippen LogP contribution >= 0.6 is 0 Å². The predicted molar refractivity (Wildman–Crippen MR) is 67.4 cm³/mol. The van der Waals surface area contributed by atoms with Gasteiger partial charge in [0.15, 0.2) is 0 Å². The summed E-state index contributed by atoms with van der Waals surface area (Å²) in [6.45, 7) is 9.32. The zero-order valence-electron chi connectivity index (χ0n) is 9.45. The summed E-state index contributed by atoms with van der Waals surface area (Å²) in [6, 6.07) is 0. The molecule has 0 saturated carbocycles. The summed E-state index contributed by atoms with van der Waals surface area (Å²) in [7, 11) is 0. The molecule has 13 heavy (non-hydrogen) atoms. The minimum Gasteiger partial charge on any atom is -0.0654 e. The zero-order valence-corrected chi connectivity index (χ0v) is 9.45. The van der Waals surface area contributed by atoms with Crippen LogP contribution in [0.3, 0.4) is 0 Å². The molecule has 0 aromatic rings. The van der Waals surface area contributed by atoms with Crippen molar-refractivity contribution in [3.8, 4) is 0 Å². The zero-order chi connectivity index (χ0) is 9.45. The maximum atomic E-state index is 2.35. The Balaban J connectivity index is 0. The fourth-order valence-corrected chi connectivity index (χ4v) is 2.03. The van der Waals surface area contributed by atoms with Gasteiger partial charge in [-0.15, -0.1) is 0 Å². The highest BCUT2D eigenvalue weighted by Crippen LogP contribution is 2.35. The molecule has 0 aromatic carbocycles. The molecule has 0 fully saturated rings. The van der Waals surface area contributed by atoms with Gasteiger partial charge in [0.25, 0.3) is 0 Å². The van der Waals surface area contributed by atoms with Crippen molar-refractivity contribution in [2.45, 2.75) is 72.6 Å². The van der Waals surface area contributed by atoms with E-state index in [2.05, 4.69) is 27.7 Å². The SMILES string of the molecule is B.CCCCCC(CC)(CC)CC. The smallest absolute Gasteiger partial charge is 0.0654 e. The molecule has 0 amide bonds. The second-order valence-electron chi connectivity index (χ2n) is 4.02. The van der Waals surface area contributed by atoms with Crippen LogP contribution < -0.4 is 0 Å². The first-order valence-corrected chi connectivity index (χ1v) is 5.74. The lowest BCUT2D eigenvalue weighted by molar-refractivity contribution is 0.220. The maximum Gasteiger partial charge on any atom is 0.0814 e. The Morgan fingerprint density at radius 2 is 1.23 bits per heavy atom. The van der Waals surface area contributed by atoms with Crippen molar-refractivity contribution in [3.63, 3.8) is 0 Å². The largest absolute Gasteiger partial charge is 0.0814 e. The van der Waals surface area contributed by atoms with Gasteiger partial charge in [0.05, 0.1) is 8.41 Å². The monoisotopic (exact) mass is 184 g/mol. The molecule has 1 heteroatoms. The molecule has 0 bridgehead atoms. The van der Waals surface area contributed by atoms with Crippen molar-refractivity contribution in [1.82, 2.24) is 0 Å². The molecule has 0 aliphatic carbocycles. The van der Waals surface area contributed by atoms with Crippen LogP contribution in [-0.2, 0) is 0 Å². The van der Waals surface area contributed by atoms with E-state index in [0.717, 1.165) is 0 Å². The quantitative estimate of drug-likeness (QED) is 0.419. The minimum absolute atomic E-state index is 0. The highest BCUT2D eigenvalue weighted by Gasteiger charge is 2.22. The molecule has 0 atom stereocenters. The van der Waals surface area contributed by atoms with E-state index in [1.165, 1.54) is 44.9 Å². The Bertz CT molecular complexity index is 87.0. The van der Waals surface area contributed by atoms with Gasteiger partial charge in [0, 0.05) is 0 Å². The first-order chi connectivity index (χ1) is 5.74. The predicted octanol–water partition coefficient (Wildman–Crippen LogP) is 3.60. The molecule has 0 aromatic heterocycles. The van der Waals surface area contributed by atoms with Crippen molar-refractivity contribution in [2.24, 2.45) is 5.41 Å². The summed E-state index contributed by atoms with van der Waals surface area (Å²) in [5.74, 6) is 0. The molecule has 0 rings (SSSR count). The summed E-state index contributed by atoms with van der Waals surface area (Å²) in [6.07, 6.45) is 9.75. The van der Waals surface area contributed by atoms with E-state index in [4.69, 9.17) is 0 Å². The van der Waals surface area contributed by atoms with E-state index in [0.29, 0.717) is 5.41 Å². The van der Waals surface area contributed by atoms with Crippen LogP contribution in [0.4, 0.5) is 0 Å². The van der Waals surface area contributed by atoms with Crippen LogP contribution in [0.2, 0.25) is 0 Å². The van der Waals surface area contributed by atoms with E-state index in [-0.39, 0.29) is 8.41 Å². The van der Waals surface area contributed by atoms with Crippen molar-refractivity contribution in [3.05, 3.63) is 0 Å². The summed E-state index contributed by atoms with van der Waals surface area (Å²) < 4.78 is 0. The number of unbranched alkanes of at least 4 members (excludes halogenated alkanes) is 2. The minimum atomic E-state index is 0. The molecule has 0 heterocycles. The van der Waals surface area contributed by atoms with Gasteiger partial charge < -0.3 is 0 Å². The average molecular weight is 184 g/mol. The van der Waals surface area contributed by atoms with Gasteiger partial charge in [0.1, 0.15) is 0 Å². The first kappa shape index (κ1) is 15.5. The third kappa shape index (κ3) is 5.39. The summed E-state index contributed by atoms with van der Waals surface area (Å²) in [5.41, 5.74) is 0.676. The third-order valence-electron chi connectivity index (χ3n) is 3.56. The van der Waals surface area contributed by atoms with Gasteiger partial charge in [-0.3, -0.25) is 0 Å². The van der Waals surface area contributed by atoms with E-state index in [9.17, 15) is 0 Å². The third-order valence-corrected chi connectivity index (χ3v) is 3.56. The molecule has 80 valence electrons. The first-order valence-electron chi connectivity index (χ1n) is 5.74. The van der Waals surface area contributed by atoms with Gasteiger partial charge >= 0.3 is 0 Å². The Hall–Kier alpha value is 0.0649. The standard InChI is InChI=1S/C12H26.BH3/c1-5-9-10-11-12(6-2,7-3)8-4;/h5-11H2,1-4H3;1H3. The van der Waals surface area contributed by atoms with Crippen molar-refractivity contribution in [2.75, 3.05) is 0 Å². The number of hydrogen-bond acceptors (Lipinski definition) is 0. The molecule has 0 radical (unpaired) electrons. The Morgan fingerprint density at radius 3 is 1.54 bits per heavy atom. The van der Waals surface area contributed by atoms with Crippen molar-refractivity contribution >= 4 is 8.41 Å². The Morgan fingerprint density at radius 1 is 0.769 bits per heavy atom. The topological polar surface area (TPSA) is 0 Å². The fraction of sp³-hybridized carbons (Fsp3) is 1.00. The van der Waals surface area contributed by atoms with Gasteiger partial charge in [-0.05, 0) is 11.8 Å². The van der Waals surface area contributed by atoms with E-state index in [1.54, 1.807) is 0 Å². The van der Waals surface area contributed by atoms with Crippen LogP contribution in [-0.4, -0.2) is 8.41 Å². The fourth-order valence-electron chi connectivity index (χ4n) is 2.03. The summed E-state index contributed by atoms with van der Waals surface area (Å²) >= 11 is 0. The van der Waals surface area contributed by atoms with E-state index in [1.807, 2.05) is 0 Å². The Kier molecular flexibility index (Phi) is 10.3. The average Bonchev–Trinajstić information content (AvgIpc) is 2.14. The highest BCUT2D eigenvalue weighted by molar-refractivity contribution is 5.75. The van der Waals surface area contributed by atoms with Gasteiger partial charge in [-0.25, -0.2) is 0 Å². The molecule has 0 spiro atoms. The Labute approximate surface area is 87.1 Å². The molecule has 0 aliphatic rings. The second kappa shape index (κ2) is 8.65. The summed E-state index contributed by atoms with van der Waals surface area (Å²) in [4.78, 5) is 0. The molecular formula is C12H29B. The lowest BCUT2D eigenvalue weighted by atomic mass is 9.76. The molecule has 0 saturated heterocycles. The second-order valence-corrected chi connectivity index (χ2v) is 4.02. The van der Waals surface area contributed by atoms with Gasteiger partial charge in [-0.2, -0.15) is 0 Å². The van der Waals surface area contributed by atoms with Crippen LogP contribution in [0.5, 0.6) is 0 Å². The van der Waals surface area contributed by atoms with Gasteiger partial charge in [0.2, 0.25) is 0 Å². The number of hydrogen-bond donors (Lipinski definition) is 0. The normalized spacial score (nSPS) is 11.1. The summed E-state index contributed by atoms with van der Waals surface area (Å²) in [5, 5.41) is 0. The van der Waals surface area contributed by atoms with Gasteiger partial charge in [-0.1, -0.05) is 66.2 Å². The molecular weight excluding hydrogens is 155 g/mol.